The van der Waals surface area contributed by atoms with Crippen molar-refractivity contribution in [1.29, 1.82) is 0 Å². The minimum absolute atomic E-state index is 0.00773. The molecule has 1 aliphatic rings. The Morgan fingerprint density at radius 2 is 1.96 bits per heavy atom. The third kappa shape index (κ3) is 7.31. The Bertz CT molecular complexity index is 518. The molecule has 0 aromatic heterocycles. The molecule has 1 amide bonds. The number of likely N-dealkylation sites (tertiary alicyclic amines) is 1. The first-order valence-corrected chi connectivity index (χ1v) is 9.87. The molecule has 1 fully saturated rings. The fourth-order valence-electron chi connectivity index (χ4n) is 3.11. The number of hydrogen-bond donors (Lipinski definition) is 1. The number of carbonyl (C=O) groups excluding carboxylic acids is 1. The van der Waals surface area contributed by atoms with Crippen molar-refractivity contribution in [3.05, 3.63) is 34.1 Å². The molecule has 24 heavy (non-hydrogen) atoms. The van der Waals surface area contributed by atoms with Crippen LogP contribution in [-0.2, 0) is 11.2 Å². The molecule has 0 radical (unpaired) electrons. The zero-order valence-electron chi connectivity index (χ0n) is 14.3. The lowest BCUT2D eigenvalue weighted by atomic mass is 10.1. The zero-order valence-corrected chi connectivity index (χ0v) is 15.9. The Morgan fingerprint density at radius 1 is 1.17 bits per heavy atom. The van der Waals surface area contributed by atoms with Crippen molar-refractivity contribution < 1.29 is 9.18 Å². The number of rotatable bonds is 9. The molecule has 1 heterocycles. The second-order valence-electron chi connectivity index (χ2n) is 6.55. The SMILES string of the molecule is O=C(CCc1ccc(Br)cc1F)NCCCCCN1CCCCC1. The summed E-state index contributed by atoms with van der Waals surface area (Å²) in [6, 6.07) is 4.97. The highest BCUT2D eigenvalue weighted by Gasteiger charge is 2.09. The lowest BCUT2D eigenvalue weighted by Crippen LogP contribution is -2.30. The van der Waals surface area contributed by atoms with Gasteiger partial charge in [0.05, 0.1) is 0 Å². The molecule has 1 aromatic rings. The largest absolute Gasteiger partial charge is 0.356 e. The van der Waals surface area contributed by atoms with Gasteiger partial charge in [0.2, 0.25) is 5.91 Å². The van der Waals surface area contributed by atoms with E-state index in [0.717, 1.165) is 23.9 Å². The summed E-state index contributed by atoms with van der Waals surface area (Å²) in [6.45, 7) is 4.42. The summed E-state index contributed by atoms with van der Waals surface area (Å²) in [6.07, 6.45) is 8.23. The van der Waals surface area contributed by atoms with E-state index in [1.54, 1.807) is 12.1 Å². The maximum absolute atomic E-state index is 13.7. The van der Waals surface area contributed by atoms with Crippen LogP contribution in [0.3, 0.4) is 0 Å². The molecule has 1 aliphatic heterocycles. The Kier molecular flexibility index (Phi) is 8.75. The van der Waals surface area contributed by atoms with Crippen LogP contribution < -0.4 is 5.32 Å². The summed E-state index contributed by atoms with van der Waals surface area (Å²) in [5, 5.41) is 2.94. The highest BCUT2D eigenvalue weighted by molar-refractivity contribution is 9.10. The first-order valence-electron chi connectivity index (χ1n) is 9.08. The van der Waals surface area contributed by atoms with Gasteiger partial charge in [-0.2, -0.15) is 0 Å². The van der Waals surface area contributed by atoms with Gasteiger partial charge in [-0.25, -0.2) is 4.39 Å². The number of nitrogens with one attached hydrogen (secondary N) is 1. The van der Waals surface area contributed by atoms with Crippen LogP contribution >= 0.6 is 15.9 Å². The third-order valence-electron chi connectivity index (χ3n) is 4.56. The molecule has 0 spiro atoms. The molecule has 1 saturated heterocycles. The van der Waals surface area contributed by atoms with E-state index in [4.69, 9.17) is 0 Å². The molecule has 3 nitrogen and oxygen atoms in total. The van der Waals surface area contributed by atoms with Crippen LogP contribution in [0.25, 0.3) is 0 Å². The van der Waals surface area contributed by atoms with Crippen molar-refractivity contribution in [2.24, 2.45) is 0 Å². The second-order valence-corrected chi connectivity index (χ2v) is 7.46. The number of aryl methyl sites for hydroxylation is 1. The first-order chi connectivity index (χ1) is 11.6. The van der Waals surface area contributed by atoms with Gasteiger partial charge in [-0.05, 0) is 69.4 Å². The maximum atomic E-state index is 13.7. The topological polar surface area (TPSA) is 32.3 Å². The molecule has 1 N–H and O–H groups in total. The van der Waals surface area contributed by atoms with Crippen molar-refractivity contribution in [3.8, 4) is 0 Å². The minimum atomic E-state index is -0.255. The van der Waals surface area contributed by atoms with E-state index >= 15 is 0 Å². The number of hydrogen-bond acceptors (Lipinski definition) is 2. The second kappa shape index (κ2) is 10.8. The average molecular weight is 399 g/mol. The van der Waals surface area contributed by atoms with E-state index in [9.17, 15) is 9.18 Å². The van der Waals surface area contributed by atoms with Crippen LogP contribution in [0.15, 0.2) is 22.7 Å². The molecule has 2 rings (SSSR count). The third-order valence-corrected chi connectivity index (χ3v) is 5.05. The van der Waals surface area contributed by atoms with Crippen molar-refractivity contribution in [1.82, 2.24) is 10.2 Å². The van der Waals surface area contributed by atoms with Gasteiger partial charge < -0.3 is 10.2 Å². The molecule has 0 aliphatic carbocycles. The van der Waals surface area contributed by atoms with Crippen molar-refractivity contribution in [2.75, 3.05) is 26.2 Å². The summed E-state index contributed by atoms with van der Waals surface area (Å²) in [5.74, 6) is -0.247. The van der Waals surface area contributed by atoms with Crippen LogP contribution in [0.4, 0.5) is 4.39 Å². The first kappa shape index (κ1) is 19.4. The fourth-order valence-corrected chi connectivity index (χ4v) is 3.44. The van der Waals surface area contributed by atoms with Crippen molar-refractivity contribution in [2.45, 2.75) is 51.4 Å². The molecule has 0 bridgehead atoms. The van der Waals surface area contributed by atoms with Crippen LogP contribution in [-0.4, -0.2) is 37.0 Å². The standard InChI is InChI=1S/C19H28BrFN2O/c20-17-9-7-16(18(21)15-17)8-10-19(24)22-11-3-1-4-12-23-13-5-2-6-14-23/h7,9,15H,1-6,8,10-14H2,(H,22,24). The van der Waals surface area contributed by atoms with Crippen molar-refractivity contribution in [3.63, 3.8) is 0 Å². The Hall–Kier alpha value is -0.940. The molecule has 0 atom stereocenters. The van der Waals surface area contributed by atoms with E-state index in [1.807, 2.05) is 0 Å². The lowest BCUT2D eigenvalue weighted by molar-refractivity contribution is -0.121. The van der Waals surface area contributed by atoms with E-state index in [-0.39, 0.29) is 11.7 Å². The number of unbranched alkanes of at least 4 members (excludes halogenated alkanes) is 2. The molecule has 0 unspecified atom stereocenters. The number of benzene rings is 1. The smallest absolute Gasteiger partial charge is 0.220 e. The summed E-state index contributed by atoms with van der Waals surface area (Å²) in [7, 11) is 0. The Morgan fingerprint density at radius 3 is 2.71 bits per heavy atom. The summed E-state index contributed by atoms with van der Waals surface area (Å²) < 4.78 is 14.4. The predicted octanol–water partition coefficient (Wildman–Crippen LogP) is 4.29. The highest BCUT2D eigenvalue weighted by Crippen LogP contribution is 2.16. The van der Waals surface area contributed by atoms with E-state index < -0.39 is 0 Å². The van der Waals surface area contributed by atoms with Gasteiger partial charge in [0.1, 0.15) is 5.82 Å². The van der Waals surface area contributed by atoms with Crippen LogP contribution in [0.5, 0.6) is 0 Å². The van der Waals surface area contributed by atoms with Gasteiger partial charge in [-0.1, -0.05) is 34.8 Å². The quantitative estimate of drug-likeness (QED) is 0.629. The zero-order chi connectivity index (χ0) is 17.2. The predicted molar refractivity (Wildman–Crippen MR) is 99.6 cm³/mol. The highest BCUT2D eigenvalue weighted by atomic mass is 79.9. The van der Waals surface area contributed by atoms with E-state index in [0.29, 0.717) is 18.4 Å². The number of halogens is 2. The number of piperidine rings is 1. The normalized spacial score (nSPS) is 15.4. The number of amides is 1. The number of nitrogens with zero attached hydrogens (tertiary/aromatic N) is 1. The molecule has 0 saturated carbocycles. The van der Waals surface area contributed by atoms with Crippen LogP contribution in [0.2, 0.25) is 0 Å². The van der Waals surface area contributed by atoms with Gasteiger partial charge >= 0.3 is 0 Å². The van der Waals surface area contributed by atoms with E-state index in [1.165, 1.54) is 51.4 Å². The average Bonchev–Trinajstić information content (AvgIpc) is 2.58. The summed E-state index contributed by atoms with van der Waals surface area (Å²) in [5.41, 5.74) is 0.592. The monoisotopic (exact) mass is 398 g/mol. The Labute approximate surface area is 153 Å². The van der Waals surface area contributed by atoms with E-state index in [2.05, 4.69) is 26.1 Å². The molecule has 134 valence electrons. The minimum Gasteiger partial charge on any atom is -0.356 e. The maximum Gasteiger partial charge on any atom is 0.220 e. The van der Waals surface area contributed by atoms with Gasteiger partial charge in [0, 0.05) is 17.4 Å². The van der Waals surface area contributed by atoms with Crippen molar-refractivity contribution >= 4 is 21.8 Å². The molecular formula is C19H28BrFN2O. The summed E-state index contributed by atoms with van der Waals surface area (Å²) in [4.78, 5) is 14.4. The van der Waals surface area contributed by atoms with Gasteiger partial charge in [0.15, 0.2) is 0 Å². The van der Waals surface area contributed by atoms with Gasteiger partial charge in [0.25, 0.3) is 0 Å². The molecular weight excluding hydrogens is 371 g/mol. The van der Waals surface area contributed by atoms with Crippen LogP contribution in [0.1, 0.15) is 50.5 Å². The summed E-state index contributed by atoms with van der Waals surface area (Å²) >= 11 is 3.23. The fraction of sp³-hybridized carbons (Fsp3) is 0.632. The molecule has 5 heteroatoms. The Balaban J connectivity index is 1.50. The van der Waals surface area contributed by atoms with Crippen LogP contribution in [0, 0.1) is 5.82 Å². The molecule has 1 aromatic carbocycles. The number of carbonyl (C=O) groups is 1. The van der Waals surface area contributed by atoms with Gasteiger partial charge in [-0.15, -0.1) is 0 Å². The lowest BCUT2D eigenvalue weighted by Gasteiger charge is -2.26. The van der Waals surface area contributed by atoms with Gasteiger partial charge in [-0.3, -0.25) is 4.79 Å².